The Bertz CT molecular complexity index is 574. The molecular weight excluding hydrogens is 240 g/mol. The minimum atomic E-state index is -0.506. The molecule has 0 radical (unpaired) electrons. The highest BCUT2D eigenvalue weighted by Crippen LogP contribution is 2.26. The molecule has 3 nitrogen and oxygen atoms in total. The van der Waals surface area contributed by atoms with Gasteiger partial charge in [0, 0.05) is 5.56 Å². The van der Waals surface area contributed by atoms with Crippen LogP contribution in [0.5, 0.6) is 0 Å². The fourth-order valence-corrected chi connectivity index (χ4v) is 1.76. The van der Waals surface area contributed by atoms with Crippen molar-refractivity contribution < 1.29 is 13.9 Å². The molecule has 0 unspecified atom stereocenters. The van der Waals surface area contributed by atoms with Gasteiger partial charge in [0.05, 0.1) is 0 Å². The van der Waals surface area contributed by atoms with E-state index in [4.69, 9.17) is 9.15 Å². The van der Waals surface area contributed by atoms with Gasteiger partial charge >= 0.3 is 5.97 Å². The lowest BCUT2D eigenvalue weighted by molar-refractivity contribution is 0.00678. The lowest BCUT2D eigenvalue weighted by atomic mass is 10.1. The summed E-state index contributed by atoms with van der Waals surface area (Å²) >= 11 is 0. The Hall–Kier alpha value is -2.03. The van der Waals surface area contributed by atoms with Gasteiger partial charge in [-0.15, -0.1) is 0 Å². The van der Waals surface area contributed by atoms with Gasteiger partial charge in [0.2, 0.25) is 0 Å². The predicted octanol–water partition coefficient (Wildman–Crippen LogP) is 4.21. The SMILES string of the molecule is Cc1oc(-c2ccccc2)cc1C(=O)OC(C)(C)C. The molecule has 2 rings (SSSR count). The number of benzene rings is 1. The van der Waals surface area contributed by atoms with Crippen LogP contribution in [0, 0.1) is 6.92 Å². The predicted molar refractivity (Wildman–Crippen MR) is 74.0 cm³/mol. The van der Waals surface area contributed by atoms with Gasteiger partial charge in [-0.2, -0.15) is 0 Å². The number of rotatable bonds is 2. The molecule has 0 atom stereocenters. The van der Waals surface area contributed by atoms with E-state index in [0.717, 1.165) is 5.56 Å². The van der Waals surface area contributed by atoms with Crippen LogP contribution < -0.4 is 0 Å². The molecule has 2 aromatic rings. The molecule has 0 aliphatic heterocycles. The number of hydrogen-bond donors (Lipinski definition) is 0. The molecule has 0 aliphatic rings. The second-order valence-electron chi connectivity index (χ2n) is 5.45. The maximum absolute atomic E-state index is 12.0. The van der Waals surface area contributed by atoms with Gasteiger partial charge in [0.25, 0.3) is 0 Å². The normalized spacial score (nSPS) is 11.4. The van der Waals surface area contributed by atoms with Crippen LogP contribution in [0.4, 0.5) is 0 Å². The Morgan fingerprint density at radius 1 is 1.16 bits per heavy atom. The number of esters is 1. The van der Waals surface area contributed by atoms with Gasteiger partial charge < -0.3 is 9.15 Å². The van der Waals surface area contributed by atoms with Gasteiger partial charge in [-0.25, -0.2) is 4.79 Å². The Balaban J connectivity index is 2.30. The summed E-state index contributed by atoms with van der Waals surface area (Å²) in [5, 5.41) is 0. The van der Waals surface area contributed by atoms with Gasteiger partial charge in [-0.05, 0) is 33.8 Å². The first-order valence-corrected chi connectivity index (χ1v) is 6.26. The fourth-order valence-electron chi connectivity index (χ4n) is 1.76. The number of carbonyl (C=O) groups is 1. The maximum Gasteiger partial charge on any atom is 0.342 e. The summed E-state index contributed by atoms with van der Waals surface area (Å²) in [4.78, 5) is 12.0. The van der Waals surface area contributed by atoms with E-state index in [0.29, 0.717) is 17.1 Å². The summed E-state index contributed by atoms with van der Waals surface area (Å²) in [6, 6.07) is 11.4. The third-order valence-electron chi connectivity index (χ3n) is 2.59. The van der Waals surface area contributed by atoms with E-state index in [2.05, 4.69) is 0 Å². The summed E-state index contributed by atoms with van der Waals surface area (Å²) in [6.07, 6.45) is 0. The fraction of sp³-hybridized carbons (Fsp3) is 0.312. The van der Waals surface area contributed by atoms with Crippen molar-refractivity contribution in [3.63, 3.8) is 0 Å². The third-order valence-corrected chi connectivity index (χ3v) is 2.59. The van der Waals surface area contributed by atoms with Crippen LogP contribution in [-0.4, -0.2) is 11.6 Å². The highest BCUT2D eigenvalue weighted by atomic mass is 16.6. The molecule has 1 heterocycles. The molecule has 100 valence electrons. The molecule has 0 N–H and O–H groups in total. The number of hydrogen-bond acceptors (Lipinski definition) is 3. The summed E-state index contributed by atoms with van der Waals surface area (Å²) in [7, 11) is 0. The van der Waals surface area contributed by atoms with Crippen molar-refractivity contribution in [2.24, 2.45) is 0 Å². The molecule has 1 aromatic heterocycles. The number of ether oxygens (including phenoxy) is 1. The Morgan fingerprint density at radius 2 is 1.79 bits per heavy atom. The van der Waals surface area contributed by atoms with E-state index in [1.54, 1.807) is 13.0 Å². The standard InChI is InChI=1S/C16H18O3/c1-11-13(15(17)19-16(2,3)4)10-14(18-11)12-8-6-5-7-9-12/h5-10H,1-4H3. The largest absolute Gasteiger partial charge is 0.460 e. The van der Waals surface area contributed by atoms with Crippen molar-refractivity contribution in [3.05, 3.63) is 47.7 Å². The van der Waals surface area contributed by atoms with Crippen molar-refractivity contribution in [2.75, 3.05) is 0 Å². The minimum Gasteiger partial charge on any atom is -0.460 e. The average Bonchev–Trinajstić information content (AvgIpc) is 2.70. The van der Waals surface area contributed by atoms with E-state index in [9.17, 15) is 4.79 Å². The Morgan fingerprint density at radius 3 is 2.37 bits per heavy atom. The highest BCUT2D eigenvalue weighted by molar-refractivity contribution is 5.92. The molecule has 0 saturated carbocycles. The zero-order chi connectivity index (χ0) is 14.0. The number of aryl methyl sites for hydroxylation is 1. The van der Waals surface area contributed by atoms with Crippen molar-refractivity contribution in [2.45, 2.75) is 33.3 Å². The van der Waals surface area contributed by atoms with Crippen LogP contribution in [0.25, 0.3) is 11.3 Å². The second kappa shape index (κ2) is 4.92. The van der Waals surface area contributed by atoms with Gasteiger partial charge in [-0.3, -0.25) is 0 Å². The van der Waals surface area contributed by atoms with Crippen LogP contribution in [0.1, 0.15) is 36.9 Å². The van der Waals surface area contributed by atoms with Crippen LogP contribution >= 0.6 is 0 Å². The summed E-state index contributed by atoms with van der Waals surface area (Å²) in [5.74, 6) is 0.906. The van der Waals surface area contributed by atoms with E-state index < -0.39 is 5.60 Å². The quantitative estimate of drug-likeness (QED) is 0.757. The van der Waals surface area contributed by atoms with Crippen LogP contribution in [0.2, 0.25) is 0 Å². The number of furan rings is 1. The average molecular weight is 258 g/mol. The zero-order valence-electron chi connectivity index (χ0n) is 11.7. The molecule has 19 heavy (non-hydrogen) atoms. The van der Waals surface area contributed by atoms with Gasteiger partial charge in [0.1, 0.15) is 22.7 Å². The first-order valence-electron chi connectivity index (χ1n) is 6.26. The van der Waals surface area contributed by atoms with E-state index in [-0.39, 0.29) is 5.97 Å². The Kier molecular flexibility index (Phi) is 3.47. The smallest absolute Gasteiger partial charge is 0.342 e. The third kappa shape index (κ3) is 3.25. The molecule has 0 bridgehead atoms. The van der Waals surface area contributed by atoms with Gasteiger partial charge in [0.15, 0.2) is 0 Å². The van der Waals surface area contributed by atoms with Crippen molar-refractivity contribution in [1.82, 2.24) is 0 Å². The lowest BCUT2D eigenvalue weighted by Gasteiger charge is -2.18. The summed E-state index contributed by atoms with van der Waals surface area (Å²) < 4.78 is 11.0. The van der Waals surface area contributed by atoms with Crippen LogP contribution in [-0.2, 0) is 4.74 Å². The van der Waals surface area contributed by atoms with Crippen molar-refractivity contribution >= 4 is 5.97 Å². The molecule has 0 aliphatic carbocycles. The van der Waals surface area contributed by atoms with E-state index in [1.165, 1.54) is 0 Å². The Labute approximate surface area is 113 Å². The molecule has 0 spiro atoms. The van der Waals surface area contributed by atoms with E-state index in [1.807, 2.05) is 51.1 Å². The van der Waals surface area contributed by atoms with Gasteiger partial charge in [-0.1, -0.05) is 30.3 Å². The molecule has 0 amide bonds. The maximum atomic E-state index is 12.0. The van der Waals surface area contributed by atoms with Crippen molar-refractivity contribution in [3.8, 4) is 11.3 Å². The lowest BCUT2D eigenvalue weighted by Crippen LogP contribution is -2.23. The minimum absolute atomic E-state index is 0.351. The molecule has 0 saturated heterocycles. The van der Waals surface area contributed by atoms with E-state index >= 15 is 0 Å². The molecule has 1 aromatic carbocycles. The topological polar surface area (TPSA) is 39.4 Å². The van der Waals surface area contributed by atoms with Crippen molar-refractivity contribution in [1.29, 1.82) is 0 Å². The first kappa shape index (κ1) is 13.4. The highest BCUT2D eigenvalue weighted by Gasteiger charge is 2.22. The van der Waals surface area contributed by atoms with Crippen LogP contribution in [0.15, 0.2) is 40.8 Å². The first-order chi connectivity index (χ1) is 8.87. The molecule has 3 heteroatoms. The molecule has 0 fully saturated rings. The zero-order valence-corrected chi connectivity index (χ0v) is 11.7. The number of carbonyl (C=O) groups excluding carboxylic acids is 1. The summed E-state index contributed by atoms with van der Waals surface area (Å²) in [6.45, 7) is 7.31. The second-order valence-corrected chi connectivity index (χ2v) is 5.45. The monoisotopic (exact) mass is 258 g/mol. The molecular formula is C16H18O3. The van der Waals surface area contributed by atoms with Crippen LogP contribution in [0.3, 0.4) is 0 Å². The summed E-state index contributed by atoms with van der Waals surface area (Å²) in [5.41, 5.74) is 0.919.